The van der Waals surface area contributed by atoms with E-state index in [0.717, 1.165) is 12.6 Å². The van der Waals surface area contributed by atoms with Gasteiger partial charge in [-0.3, -0.25) is 0 Å². The van der Waals surface area contributed by atoms with Gasteiger partial charge in [-0.25, -0.2) is 0 Å². The Labute approximate surface area is 204 Å². The van der Waals surface area contributed by atoms with E-state index >= 15 is 0 Å². The number of rotatable bonds is 7. The average Bonchev–Trinajstić information content (AvgIpc) is 3.16. The number of benzene rings is 3. The molecule has 1 saturated heterocycles. The first-order valence-corrected chi connectivity index (χ1v) is 12.9. The van der Waals surface area contributed by atoms with Gasteiger partial charge in [-0.05, 0) is 56.7 Å². The first-order valence-electron chi connectivity index (χ1n) is 10.9. The second-order valence-electron chi connectivity index (χ2n) is 8.53. The predicted molar refractivity (Wildman–Crippen MR) is 129 cm³/mol. The van der Waals surface area contributed by atoms with E-state index in [4.69, 9.17) is 9.47 Å². The zero-order valence-corrected chi connectivity index (χ0v) is 21.6. The average molecular weight is 546 g/mol. The number of halogens is 1. The standard InChI is InChI=1S/C27H32O2P.HI/c1-4-22(26-20-28-27(2,3)29-26)21-30(23-14-8-5-9-15-23,24-16-10-6-11-17-24)25-18-12-7-13-19-25;/h5-19,22,26H,4,20-21H2,1-3H3;1H/q+1;/p-1/t22-,26+;/m1./s1. The van der Waals surface area contributed by atoms with Crippen LogP contribution in [0.1, 0.15) is 27.2 Å². The lowest BCUT2D eigenvalue weighted by Gasteiger charge is -2.32. The van der Waals surface area contributed by atoms with Crippen molar-refractivity contribution in [3.8, 4) is 0 Å². The van der Waals surface area contributed by atoms with Crippen LogP contribution in [0.25, 0.3) is 0 Å². The second-order valence-corrected chi connectivity index (χ2v) is 12.1. The quantitative estimate of drug-likeness (QED) is 0.334. The summed E-state index contributed by atoms with van der Waals surface area (Å²) in [4.78, 5) is 0. The number of hydrogen-bond donors (Lipinski definition) is 0. The SMILES string of the molecule is CC[C@H](C[P+](c1ccccc1)(c1ccccc1)c1ccccc1)[C@@H]1COC(C)(C)O1.[I-]. The van der Waals surface area contributed by atoms with Crippen LogP contribution in [0.4, 0.5) is 0 Å². The summed E-state index contributed by atoms with van der Waals surface area (Å²) in [5, 5.41) is 4.29. The van der Waals surface area contributed by atoms with Gasteiger partial charge in [-0.2, -0.15) is 0 Å². The van der Waals surface area contributed by atoms with Crippen molar-refractivity contribution in [3.63, 3.8) is 0 Å². The van der Waals surface area contributed by atoms with E-state index in [1.165, 1.54) is 15.9 Å². The highest BCUT2D eigenvalue weighted by Gasteiger charge is 2.49. The molecule has 0 bridgehead atoms. The molecule has 2 nitrogen and oxygen atoms in total. The smallest absolute Gasteiger partial charge is 0.163 e. The van der Waals surface area contributed by atoms with Crippen molar-refractivity contribution in [1.29, 1.82) is 0 Å². The normalized spacial score (nSPS) is 18.9. The molecule has 1 aliphatic heterocycles. The molecule has 1 fully saturated rings. The van der Waals surface area contributed by atoms with Gasteiger partial charge in [0.05, 0.1) is 18.9 Å². The van der Waals surface area contributed by atoms with Gasteiger partial charge in [0, 0.05) is 5.92 Å². The van der Waals surface area contributed by atoms with Crippen molar-refractivity contribution in [2.75, 3.05) is 12.8 Å². The Hall–Kier alpha value is -1.26. The Balaban J connectivity index is 0.00000272. The highest BCUT2D eigenvalue weighted by molar-refractivity contribution is 7.95. The molecule has 2 atom stereocenters. The first-order chi connectivity index (χ1) is 14.5. The molecule has 1 aliphatic rings. The Kier molecular flexibility index (Phi) is 8.31. The van der Waals surface area contributed by atoms with E-state index < -0.39 is 13.0 Å². The van der Waals surface area contributed by atoms with Crippen molar-refractivity contribution >= 4 is 23.2 Å². The predicted octanol–water partition coefficient (Wildman–Crippen LogP) is 2.16. The molecule has 31 heavy (non-hydrogen) atoms. The largest absolute Gasteiger partial charge is 1.00 e. The molecule has 0 unspecified atom stereocenters. The summed E-state index contributed by atoms with van der Waals surface area (Å²) < 4.78 is 12.3. The van der Waals surface area contributed by atoms with Crippen LogP contribution in [0, 0.1) is 5.92 Å². The van der Waals surface area contributed by atoms with Crippen molar-refractivity contribution in [2.45, 2.75) is 39.1 Å². The minimum Gasteiger partial charge on any atom is -1.00 e. The van der Waals surface area contributed by atoms with E-state index in [-0.39, 0.29) is 30.1 Å². The van der Waals surface area contributed by atoms with Crippen LogP contribution < -0.4 is 39.9 Å². The fourth-order valence-electron chi connectivity index (χ4n) is 4.62. The first kappa shape index (κ1) is 24.4. The van der Waals surface area contributed by atoms with Crippen LogP contribution in [0.15, 0.2) is 91.0 Å². The molecule has 0 N–H and O–H groups in total. The van der Waals surface area contributed by atoms with Crippen LogP contribution in [-0.2, 0) is 9.47 Å². The maximum absolute atomic E-state index is 6.35. The molecule has 0 amide bonds. The Morgan fingerprint density at radius 1 is 0.806 bits per heavy atom. The van der Waals surface area contributed by atoms with Crippen LogP contribution >= 0.6 is 7.26 Å². The van der Waals surface area contributed by atoms with Gasteiger partial charge in [0.25, 0.3) is 0 Å². The third-order valence-corrected chi connectivity index (χ3v) is 10.7. The summed E-state index contributed by atoms with van der Waals surface area (Å²) in [5.74, 6) is -0.0773. The number of hydrogen-bond acceptors (Lipinski definition) is 2. The van der Waals surface area contributed by atoms with Gasteiger partial charge in [0.2, 0.25) is 0 Å². The molecule has 4 heteroatoms. The van der Waals surface area contributed by atoms with E-state index in [2.05, 4.69) is 97.9 Å². The van der Waals surface area contributed by atoms with Crippen LogP contribution in [0.5, 0.6) is 0 Å². The van der Waals surface area contributed by atoms with Gasteiger partial charge in [0.1, 0.15) is 23.2 Å². The molecule has 164 valence electrons. The maximum atomic E-state index is 6.35. The fourth-order valence-corrected chi connectivity index (χ4v) is 9.39. The monoisotopic (exact) mass is 546 g/mol. The molecule has 0 spiro atoms. The highest BCUT2D eigenvalue weighted by atomic mass is 127. The molecule has 4 rings (SSSR count). The minimum atomic E-state index is -1.86. The fraction of sp³-hybridized carbons (Fsp3) is 0.333. The zero-order valence-electron chi connectivity index (χ0n) is 18.6. The Morgan fingerprint density at radius 3 is 1.55 bits per heavy atom. The van der Waals surface area contributed by atoms with E-state index in [1.807, 2.05) is 13.8 Å². The van der Waals surface area contributed by atoms with Crippen LogP contribution in [-0.4, -0.2) is 24.7 Å². The van der Waals surface area contributed by atoms with Gasteiger partial charge < -0.3 is 33.5 Å². The summed E-state index contributed by atoms with van der Waals surface area (Å²) in [7, 11) is -1.86. The van der Waals surface area contributed by atoms with E-state index in [9.17, 15) is 0 Å². The maximum Gasteiger partial charge on any atom is 0.163 e. The van der Waals surface area contributed by atoms with Gasteiger partial charge >= 0.3 is 0 Å². The molecular formula is C27H32IO2P. The summed E-state index contributed by atoms with van der Waals surface area (Å²) in [6.07, 6.45) is 2.27. The lowest BCUT2D eigenvalue weighted by atomic mass is 10.0. The lowest BCUT2D eigenvalue weighted by molar-refractivity contribution is -0.143. The van der Waals surface area contributed by atoms with Crippen molar-refractivity contribution < 1.29 is 33.5 Å². The molecule has 0 aromatic heterocycles. The van der Waals surface area contributed by atoms with Gasteiger partial charge in [-0.1, -0.05) is 61.5 Å². The molecule has 3 aromatic carbocycles. The minimum absolute atomic E-state index is 0. The van der Waals surface area contributed by atoms with Crippen LogP contribution in [0.3, 0.4) is 0 Å². The third kappa shape index (κ3) is 5.22. The second kappa shape index (κ2) is 10.6. The van der Waals surface area contributed by atoms with Crippen molar-refractivity contribution in [1.82, 2.24) is 0 Å². The molecular weight excluding hydrogens is 514 g/mol. The number of ether oxygens (including phenoxy) is 2. The Bertz CT molecular complexity index is 835. The summed E-state index contributed by atoms with van der Waals surface area (Å²) in [6.45, 7) is 7.00. The third-order valence-electron chi connectivity index (χ3n) is 6.18. The van der Waals surface area contributed by atoms with Gasteiger partial charge in [-0.15, -0.1) is 0 Å². The highest BCUT2D eigenvalue weighted by Crippen LogP contribution is 2.57. The van der Waals surface area contributed by atoms with E-state index in [1.54, 1.807) is 0 Å². The van der Waals surface area contributed by atoms with Gasteiger partial charge in [0.15, 0.2) is 5.79 Å². The Morgan fingerprint density at radius 2 is 1.23 bits per heavy atom. The molecule has 0 aliphatic carbocycles. The molecule has 1 heterocycles. The van der Waals surface area contributed by atoms with Crippen molar-refractivity contribution in [2.24, 2.45) is 5.92 Å². The lowest BCUT2D eigenvalue weighted by Crippen LogP contribution is -3.00. The van der Waals surface area contributed by atoms with E-state index in [0.29, 0.717) is 12.5 Å². The molecule has 3 aromatic rings. The van der Waals surface area contributed by atoms with Crippen LogP contribution in [0.2, 0.25) is 0 Å². The molecule has 0 saturated carbocycles. The molecule has 0 radical (unpaired) electrons. The summed E-state index contributed by atoms with van der Waals surface area (Å²) >= 11 is 0. The summed E-state index contributed by atoms with van der Waals surface area (Å²) in [6, 6.07) is 33.3. The van der Waals surface area contributed by atoms with Crippen molar-refractivity contribution in [3.05, 3.63) is 91.0 Å². The zero-order chi connectivity index (χ0) is 21.0. The topological polar surface area (TPSA) is 18.5 Å². The summed E-state index contributed by atoms with van der Waals surface area (Å²) in [5.41, 5.74) is 0.